The Labute approximate surface area is 255 Å². The van der Waals surface area contributed by atoms with Crippen molar-refractivity contribution in [1.82, 2.24) is 14.9 Å². The van der Waals surface area contributed by atoms with Crippen LogP contribution in [0.15, 0.2) is 29.2 Å². The number of nitrogens with zero attached hydrogens (tertiary/aromatic N) is 2. The van der Waals surface area contributed by atoms with E-state index in [1.807, 2.05) is 0 Å². The van der Waals surface area contributed by atoms with Gasteiger partial charge in [-0.2, -0.15) is 5.10 Å². The van der Waals surface area contributed by atoms with Crippen LogP contribution in [-0.4, -0.2) is 33.9 Å². The summed E-state index contributed by atoms with van der Waals surface area (Å²) in [5.41, 5.74) is 2.78. The number of urea groups is 1. The van der Waals surface area contributed by atoms with Crippen molar-refractivity contribution >= 4 is 34.1 Å². The van der Waals surface area contributed by atoms with E-state index in [0.717, 1.165) is 18.9 Å². The molecule has 0 saturated heterocycles. The molecule has 0 saturated carbocycles. The van der Waals surface area contributed by atoms with Gasteiger partial charge < -0.3 is 9.87 Å². The molecular formula is C26H42N5NaO4S2. The monoisotopic (exact) mass is 575 g/mol. The molecule has 208 valence electrons. The zero-order valence-corrected chi connectivity index (χ0v) is 26.6. The van der Waals surface area contributed by atoms with Gasteiger partial charge in [-0.3, -0.25) is 5.10 Å². The number of anilines is 1. The van der Waals surface area contributed by atoms with Crippen LogP contribution < -0.4 is 40.3 Å². The van der Waals surface area contributed by atoms with Crippen LogP contribution in [0.2, 0.25) is 0 Å². The summed E-state index contributed by atoms with van der Waals surface area (Å²) in [5, 5.41) is 9.41. The van der Waals surface area contributed by atoms with Gasteiger partial charge in [0.05, 0.1) is 4.90 Å². The van der Waals surface area contributed by atoms with Crippen molar-refractivity contribution in [2.45, 2.75) is 115 Å². The summed E-state index contributed by atoms with van der Waals surface area (Å²) in [5.74, 6) is 0.616. The Kier molecular flexibility index (Phi) is 18.1. The summed E-state index contributed by atoms with van der Waals surface area (Å²) >= 11 is 5.22. The van der Waals surface area contributed by atoms with E-state index in [-0.39, 0.29) is 40.0 Å². The predicted molar refractivity (Wildman–Crippen MR) is 149 cm³/mol. The number of aromatic amines is 1. The number of hydrogen-bond donors (Lipinski definition) is 3. The summed E-state index contributed by atoms with van der Waals surface area (Å²) in [7, 11) is -4.61. The largest absolute Gasteiger partial charge is 1.00 e. The van der Waals surface area contributed by atoms with Crippen LogP contribution in [0.5, 0.6) is 0 Å². The molecule has 1 aromatic carbocycles. The fraction of sp³-hybridized carbons (Fsp3) is 0.654. The topological polar surface area (TPSA) is 132 Å². The first-order chi connectivity index (χ1) is 17.8. The number of carbonyl (C=O) groups is 1. The fourth-order valence-electron chi connectivity index (χ4n) is 4.26. The Morgan fingerprint density at radius 1 is 0.947 bits per heavy atom. The first-order valence-electron chi connectivity index (χ1n) is 13.6. The van der Waals surface area contributed by atoms with Gasteiger partial charge in [0.2, 0.25) is 4.77 Å². The second kappa shape index (κ2) is 19.8. The van der Waals surface area contributed by atoms with E-state index in [1.165, 1.54) is 106 Å². The SMILES string of the molecule is CCCCCCCCCCCCCCCCCc1n[nH]c(=S)n1NC(=O)Nc1cccc(S(=O)(=O)[O-])c1.[Na+]. The van der Waals surface area contributed by atoms with E-state index in [0.29, 0.717) is 12.2 Å². The van der Waals surface area contributed by atoms with E-state index in [4.69, 9.17) is 12.2 Å². The van der Waals surface area contributed by atoms with E-state index < -0.39 is 21.0 Å². The molecule has 0 radical (unpaired) electrons. The van der Waals surface area contributed by atoms with Crippen molar-refractivity contribution < 1.29 is 47.3 Å². The normalized spacial score (nSPS) is 11.2. The smallest absolute Gasteiger partial charge is 0.744 e. The van der Waals surface area contributed by atoms with Crippen molar-refractivity contribution in [3.63, 3.8) is 0 Å². The molecule has 2 aromatic rings. The zero-order valence-electron chi connectivity index (χ0n) is 23.0. The Morgan fingerprint density at radius 2 is 1.47 bits per heavy atom. The van der Waals surface area contributed by atoms with Gasteiger partial charge in [-0.25, -0.2) is 23.3 Å². The van der Waals surface area contributed by atoms with E-state index in [2.05, 4.69) is 27.9 Å². The summed E-state index contributed by atoms with van der Waals surface area (Å²) in [6.45, 7) is 2.26. The van der Waals surface area contributed by atoms with Gasteiger partial charge in [0.15, 0.2) is 5.82 Å². The number of carbonyl (C=O) groups excluding carboxylic acids is 1. The number of amides is 2. The molecule has 1 heterocycles. The number of rotatable bonds is 19. The summed E-state index contributed by atoms with van der Waals surface area (Å²) < 4.78 is 35.2. The first kappa shape index (κ1) is 34.8. The Hall–Kier alpha value is -1.24. The third-order valence-corrected chi connectivity index (χ3v) is 7.44. The number of aromatic nitrogens is 3. The van der Waals surface area contributed by atoms with E-state index in [9.17, 15) is 17.8 Å². The number of benzene rings is 1. The predicted octanol–water partition coefficient (Wildman–Crippen LogP) is 4.04. The molecule has 2 amide bonds. The fourth-order valence-corrected chi connectivity index (χ4v) is 4.97. The van der Waals surface area contributed by atoms with Crippen LogP contribution >= 0.6 is 12.2 Å². The summed E-state index contributed by atoms with van der Waals surface area (Å²) in [6.07, 6.45) is 20.0. The molecule has 3 N–H and O–H groups in total. The zero-order chi connectivity index (χ0) is 26.9. The molecule has 2 rings (SSSR count). The third kappa shape index (κ3) is 14.2. The van der Waals surface area contributed by atoms with Crippen LogP contribution in [0.1, 0.15) is 109 Å². The number of hydrogen-bond acceptors (Lipinski definition) is 6. The quantitative estimate of drug-likeness (QED) is 0.100. The summed E-state index contributed by atoms with van der Waals surface area (Å²) in [6, 6.07) is 4.52. The minimum Gasteiger partial charge on any atom is -0.744 e. The minimum absolute atomic E-state index is 0. The molecule has 38 heavy (non-hydrogen) atoms. The maximum atomic E-state index is 12.4. The van der Waals surface area contributed by atoms with Gasteiger partial charge >= 0.3 is 35.6 Å². The number of unbranched alkanes of at least 4 members (excludes halogenated alkanes) is 14. The Bertz CT molecular complexity index is 1110. The van der Waals surface area contributed by atoms with E-state index in [1.54, 1.807) is 0 Å². The van der Waals surface area contributed by atoms with Crippen LogP contribution in [0.3, 0.4) is 0 Å². The minimum atomic E-state index is -4.61. The third-order valence-electron chi connectivity index (χ3n) is 6.34. The standard InChI is InChI=1S/C26H43N5O4S2.Na/c1-2-3-4-5-6-7-8-9-10-11-12-13-14-15-16-20-24-28-29-26(36)31(24)30-25(32)27-22-18-17-19-23(21-22)37(33,34)35;/h17-19,21H,2-16,20H2,1H3,(H,29,36)(H2,27,30,32)(H,33,34,35);/q;+1/p-1. The molecule has 9 nitrogen and oxygen atoms in total. The van der Waals surface area contributed by atoms with Gasteiger partial charge in [0, 0.05) is 12.1 Å². The maximum absolute atomic E-state index is 12.4. The molecule has 0 aliphatic carbocycles. The van der Waals surface area contributed by atoms with Gasteiger partial charge in [-0.1, -0.05) is 103 Å². The van der Waals surface area contributed by atoms with Crippen molar-refractivity contribution in [1.29, 1.82) is 0 Å². The van der Waals surface area contributed by atoms with E-state index >= 15 is 0 Å². The second-order valence-electron chi connectivity index (χ2n) is 9.53. The van der Waals surface area contributed by atoms with Crippen LogP contribution in [0.25, 0.3) is 0 Å². The maximum Gasteiger partial charge on any atom is 1.00 e. The molecule has 0 bridgehead atoms. The van der Waals surface area contributed by atoms with Crippen molar-refractivity contribution in [2.24, 2.45) is 0 Å². The van der Waals surface area contributed by atoms with Crippen LogP contribution in [-0.2, 0) is 16.5 Å². The molecule has 0 unspecified atom stereocenters. The molecule has 0 atom stereocenters. The summed E-state index contributed by atoms with van der Waals surface area (Å²) in [4.78, 5) is 12.0. The molecule has 0 fully saturated rings. The number of H-pyrrole nitrogens is 1. The average Bonchev–Trinajstić information content (AvgIpc) is 3.20. The van der Waals surface area contributed by atoms with Crippen LogP contribution in [0.4, 0.5) is 10.5 Å². The molecule has 0 aliphatic heterocycles. The van der Waals surface area contributed by atoms with Gasteiger partial charge in [0.25, 0.3) is 0 Å². The Balaban J connectivity index is 0.00000722. The molecular weight excluding hydrogens is 533 g/mol. The van der Waals surface area contributed by atoms with Crippen molar-refractivity contribution in [2.75, 3.05) is 10.7 Å². The van der Waals surface area contributed by atoms with Gasteiger partial charge in [-0.05, 0) is 36.8 Å². The number of nitrogens with one attached hydrogen (secondary N) is 3. The number of aryl methyl sites for hydroxylation is 1. The van der Waals surface area contributed by atoms with Crippen LogP contribution in [0, 0.1) is 4.77 Å². The molecule has 0 spiro atoms. The first-order valence-corrected chi connectivity index (χ1v) is 15.4. The molecule has 12 heteroatoms. The average molecular weight is 576 g/mol. The Morgan fingerprint density at radius 3 is 2.00 bits per heavy atom. The van der Waals surface area contributed by atoms with Gasteiger partial charge in [0.1, 0.15) is 10.1 Å². The van der Waals surface area contributed by atoms with Crippen molar-refractivity contribution in [3.05, 3.63) is 34.9 Å². The molecule has 0 aliphatic rings. The van der Waals surface area contributed by atoms with Crippen molar-refractivity contribution in [3.8, 4) is 0 Å². The van der Waals surface area contributed by atoms with Gasteiger partial charge in [-0.15, -0.1) is 0 Å². The second-order valence-corrected chi connectivity index (χ2v) is 11.3. The molecule has 1 aromatic heterocycles.